The Balaban J connectivity index is 1.57. The van der Waals surface area contributed by atoms with Gasteiger partial charge in [-0.15, -0.1) is 0 Å². The lowest BCUT2D eigenvalue weighted by Gasteiger charge is -2.34. The van der Waals surface area contributed by atoms with Gasteiger partial charge in [0.25, 0.3) is 0 Å². The summed E-state index contributed by atoms with van der Waals surface area (Å²) in [5.41, 5.74) is 6.79. The van der Waals surface area contributed by atoms with Gasteiger partial charge in [-0.3, -0.25) is 9.59 Å². The van der Waals surface area contributed by atoms with Crippen molar-refractivity contribution >= 4 is 28.6 Å². The van der Waals surface area contributed by atoms with Gasteiger partial charge >= 0.3 is 0 Å². The van der Waals surface area contributed by atoms with Gasteiger partial charge in [0.2, 0.25) is 0 Å². The maximum atomic E-state index is 13.6. The van der Waals surface area contributed by atoms with Crippen LogP contribution in [-0.4, -0.2) is 24.7 Å². The summed E-state index contributed by atoms with van der Waals surface area (Å²) >= 11 is 0. The van der Waals surface area contributed by atoms with Crippen molar-refractivity contribution < 1.29 is 9.59 Å². The van der Waals surface area contributed by atoms with Crippen LogP contribution < -0.4 is 15.5 Å². The number of Topliss-reactive ketones (excluding diaryl/α,β-unsaturated/α-hetero) is 1. The maximum Gasteiger partial charge on any atom is 0.193 e. The molecule has 2 aliphatic rings. The zero-order valence-electron chi connectivity index (χ0n) is 22.1. The van der Waals surface area contributed by atoms with E-state index in [9.17, 15) is 9.59 Å². The molecule has 3 aromatic carbocycles. The molecule has 1 aliphatic carbocycles. The second kappa shape index (κ2) is 9.89. The number of allylic oxidation sites excluding steroid dienone is 1. The summed E-state index contributed by atoms with van der Waals surface area (Å²) in [6.07, 6.45) is 1.28. The van der Waals surface area contributed by atoms with E-state index in [1.165, 1.54) is 5.69 Å². The Morgan fingerprint density at radius 2 is 1.59 bits per heavy atom. The molecule has 5 heteroatoms. The second-order valence-electron chi connectivity index (χ2n) is 10.8. The van der Waals surface area contributed by atoms with E-state index in [1.54, 1.807) is 0 Å². The van der Waals surface area contributed by atoms with Crippen molar-refractivity contribution in [1.29, 1.82) is 0 Å². The molecule has 1 aliphatic heterocycles. The summed E-state index contributed by atoms with van der Waals surface area (Å²) in [5, 5.41) is 7.23. The van der Waals surface area contributed by atoms with E-state index in [0.29, 0.717) is 17.5 Å². The van der Waals surface area contributed by atoms with Gasteiger partial charge in [0.05, 0.1) is 17.4 Å². The molecule has 0 bridgehead atoms. The smallest absolute Gasteiger partial charge is 0.193 e. The third kappa shape index (κ3) is 4.91. The van der Waals surface area contributed by atoms with Gasteiger partial charge in [-0.25, -0.2) is 0 Å². The Morgan fingerprint density at radius 3 is 2.27 bits per heavy atom. The van der Waals surface area contributed by atoms with E-state index >= 15 is 0 Å². The molecule has 37 heavy (non-hydrogen) atoms. The van der Waals surface area contributed by atoms with Crippen LogP contribution in [0.15, 0.2) is 84.1 Å². The predicted octanol–water partition coefficient (Wildman–Crippen LogP) is 6.99. The van der Waals surface area contributed by atoms with E-state index in [4.69, 9.17) is 0 Å². The number of ketones is 2. The molecule has 3 aromatic rings. The van der Waals surface area contributed by atoms with Gasteiger partial charge < -0.3 is 15.5 Å². The van der Waals surface area contributed by atoms with Gasteiger partial charge in [-0.05, 0) is 61.6 Å². The number of carbonyl (C=O) groups excluding carboxylic acids is 2. The molecule has 5 nitrogen and oxygen atoms in total. The van der Waals surface area contributed by atoms with Crippen LogP contribution >= 0.6 is 0 Å². The number of fused-ring (bicyclic) bond motifs is 1. The average Bonchev–Trinajstić information content (AvgIpc) is 3.05. The normalized spacial score (nSPS) is 18.2. The summed E-state index contributed by atoms with van der Waals surface area (Å²) in [6.45, 7) is 10.5. The Bertz CT molecular complexity index is 1350. The molecule has 0 fully saturated rings. The highest BCUT2D eigenvalue weighted by molar-refractivity contribution is 6.10. The van der Waals surface area contributed by atoms with Crippen LogP contribution in [-0.2, 0) is 4.79 Å². The highest BCUT2D eigenvalue weighted by Gasteiger charge is 2.38. The SMILES string of the molecule is CCN(CC)c1ccc(C2Nc3ccc(C(=O)c4ccccc4)cc3NC3=C2C(=O)CC(C)(C)C3)cc1. The number of nitrogens with zero attached hydrogens (tertiary/aromatic N) is 1. The molecule has 0 aromatic heterocycles. The zero-order chi connectivity index (χ0) is 26.2. The fourth-order valence-corrected chi connectivity index (χ4v) is 5.56. The lowest BCUT2D eigenvalue weighted by molar-refractivity contribution is -0.118. The fraction of sp³-hybridized carbons (Fsp3) is 0.312. The van der Waals surface area contributed by atoms with Crippen LogP contribution in [0.5, 0.6) is 0 Å². The van der Waals surface area contributed by atoms with Gasteiger partial charge in [0, 0.05) is 47.6 Å². The minimum Gasteiger partial charge on any atom is -0.372 e. The van der Waals surface area contributed by atoms with Crippen molar-refractivity contribution in [2.75, 3.05) is 28.6 Å². The molecule has 0 saturated heterocycles. The number of benzene rings is 3. The van der Waals surface area contributed by atoms with Crippen molar-refractivity contribution in [2.24, 2.45) is 5.41 Å². The largest absolute Gasteiger partial charge is 0.372 e. The van der Waals surface area contributed by atoms with Crippen LogP contribution in [0.1, 0.15) is 68.1 Å². The molecule has 0 saturated carbocycles. The number of carbonyl (C=O) groups is 2. The van der Waals surface area contributed by atoms with Crippen LogP contribution in [0.4, 0.5) is 17.1 Å². The first kappa shape index (κ1) is 24.8. The van der Waals surface area contributed by atoms with Crippen LogP contribution in [0.3, 0.4) is 0 Å². The third-order valence-electron chi connectivity index (χ3n) is 7.47. The zero-order valence-corrected chi connectivity index (χ0v) is 22.1. The molecule has 1 atom stereocenters. The number of hydrogen-bond donors (Lipinski definition) is 2. The lowest BCUT2D eigenvalue weighted by atomic mass is 9.73. The summed E-state index contributed by atoms with van der Waals surface area (Å²) in [7, 11) is 0. The first-order valence-corrected chi connectivity index (χ1v) is 13.2. The molecular formula is C32H35N3O2. The minimum absolute atomic E-state index is 0.0211. The first-order chi connectivity index (χ1) is 17.8. The highest BCUT2D eigenvalue weighted by atomic mass is 16.1. The number of anilines is 3. The highest BCUT2D eigenvalue weighted by Crippen LogP contribution is 2.45. The second-order valence-corrected chi connectivity index (χ2v) is 10.8. The Kier molecular flexibility index (Phi) is 6.63. The first-order valence-electron chi connectivity index (χ1n) is 13.2. The minimum atomic E-state index is -0.270. The number of hydrogen-bond acceptors (Lipinski definition) is 5. The average molecular weight is 494 g/mol. The molecule has 0 amide bonds. The topological polar surface area (TPSA) is 61.4 Å². The molecule has 0 spiro atoms. The van der Waals surface area contributed by atoms with Crippen molar-refractivity contribution in [3.8, 4) is 0 Å². The van der Waals surface area contributed by atoms with E-state index in [-0.39, 0.29) is 23.0 Å². The maximum absolute atomic E-state index is 13.6. The molecular weight excluding hydrogens is 458 g/mol. The molecule has 2 N–H and O–H groups in total. The van der Waals surface area contributed by atoms with Crippen molar-refractivity contribution in [1.82, 2.24) is 0 Å². The number of nitrogens with one attached hydrogen (secondary N) is 2. The van der Waals surface area contributed by atoms with Gasteiger partial charge in [0.1, 0.15) is 0 Å². The van der Waals surface area contributed by atoms with E-state index in [0.717, 1.165) is 47.7 Å². The Morgan fingerprint density at radius 1 is 0.892 bits per heavy atom. The monoisotopic (exact) mass is 493 g/mol. The van der Waals surface area contributed by atoms with E-state index in [1.807, 2.05) is 48.5 Å². The van der Waals surface area contributed by atoms with E-state index < -0.39 is 0 Å². The van der Waals surface area contributed by atoms with Gasteiger partial charge in [-0.1, -0.05) is 56.3 Å². The molecule has 0 radical (unpaired) electrons. The standard InChI is InChI=1S/C32H35N3O2/c1-5-35(6-2)24-15-12-21(13-16-24)30-29-27(19-32(3,4)20-28(29)36)33-26-18-23(14-17-25(26)34-30)31(37)22-10-8-7-9-11-22/h7-18,30,33-34H,5-6,19-20H2,1-4H3. The molecule has 1 heterocycles. The quantitative estimate of drug-likeness (QED) is 0.363. The molecule has 5 rings (SSSR count). The Labute approximate surface area is 219 Å². The Hall–Kier alpha value is -3.86. The predicted molar refractivity (Wildman–Crippen MR) is 151 cm³/mol. The van der Waals surface area contributed by atoms with Crippen molar-refractivity contribution in [3.05, 3.63) is 101 Å². The fourth-order valence-electron chi connectivity index (χ4n) is 5.56. The van der Waals surface area contributed by atoms with Gasteiger partial charge in [0.15, 0.2) is 11.6 Å². The number of rotatable bonds is 6. The molecule has 1 unspecified atom stereocenters. The lowest BCUT2D eigenvalue weighted by Crippen LogP contribution is -2.31. The summed E-state index contributed by atoms with van der Waals surface area (Å²) < 4.78 is 0. The third-order valence-corrected chi connectivity index (χ3v) is 7.47. The van der Waals surface area contributed by atoms with Crippen LogP contribution in [0, 0.1) is 5.41 Å². The summed E-state index contributed by atoms with van der Waals surface area (Å²) in [4.78, 5) is 29.0. The van der Waals surface area contributed by atoms with Crippen LogP contribution in [0.25, 0.3) is 0 Å². The van der Waals surface area contributed by atoms with Gasteiger partial charge in [-0.2, -0.15) is 0 Å². The van der Waals surface area contributed by atoms with Crippen molar-refractivity contribution in [2.45, 2.75) is 46.6 Å². The summed E-state index contributed by atoms with van der Waals surface area (Å²) in [6, 6.07) is 23.3. The summed E-state index contributed by atoms with van der Waals surface area (Å²) in [5.74, 6) is 0.143. The van der Waals surface area contributed by atoms with Crippen LogP contribution in [0.2, 0.25) is 0 Å². The molecule has 190 valence electrons. The van der Waals surface area contributed by atoms with E-state index in [2.05, 4.69) is 67.5 Å². The van der Waals surface area contributed by atoms with Crippen molar-refractivity contribution in [3.63, 3.8) is 0 Å².